The fraction of sp³-hybridized carbons (Fsp3) is 0.400. The minimum atomic E-state index is -1.01. The van der Waals surface area contributed by atoms with E-state index in [-0.39, 0.29) is 5.69 Å². The van der Waals surface area contributed by atoms with Crippen LogP contribution in [0.3, 0.4) is 0 Å². The number of hydrogen-bond donors (Lipinski definition) is 2. The predicted molar refractivity (Wildman–Crippen MR) is 82.1 cm³/mol. The Labute approximate surface area is 127 Å². The summed E-state index contributed by atoms with van der Waals surface area (Å²) in [6.45, 7) is 0.711. The first-order valence-corrected chi connectivity index (χ1v) is 7.96. The summed E-state index contributed by atoms with van der Waals surface area (Å²) in [5.41, 5.74) is 1.34. The fourth-order valence-electron chi connectivity index (χ4n) is 2.46. The molecule has 0 atom stereocenters. The van der Waals surface area contributed by atoms with Crippen molar-refractivity contribution in [2.45, 2.75) is 32.1 Å². The number of hydrogen-bond acceptors (Lipinski definition) is 5. The number of carbonyl (C=O) groups is 1. The third-order valence-corrected chi connectivity index (χ3v) is 4.72. The van der Waals surface area contributed by atoms with Crippen LogP contribution in [0.4, 0.5) is 5.82 Å². The molecule has 110 valence electrons. The number of carboxylic acids is 1. The molecule has 2 aromatic rings. The second kappa shape index (κ2) is 6.22. The van der Waals surface area contributed by atoms with E-state index in [1.165, 1.54) is 35.9 Å². The van der Waals surface area contributed by atoms with Crippen LogP contribution in [0.15, 0.2) is 18.2 Å². The van der Waals surface area contributed by atoms with E-state index in [9.17, 15) is 4.79 Å². The molecule has 2 N–H and O–H groups in total. The molecule has 0 bridgehead atoms. The van der Waals surface area contributed by atoms with E-state index in [1.807, 2.05) is 11.3 Å². The van der Waals surface area contributed by atoms with Gasteiger partial charge in [0.25, 0.3) is 0 Å². The molecule has 0 spiro atoms. The lowest BCUT2D eigenvalue weighted by Crippen LogP contribution is -2.08. The predicted octanol–water partition coefficient (Wildman–Crippen LogP) is 2.77. The number of anilines is 1. The van der Waals surface area contributed by atoms with Crippen LogP contribution in [-0.2, 0) is 19.3 Å². The van der Waals surface area contributed by atoms with Gasteiger partial charge in [0.2, 0.25) is 0 Å². The number of carboxylic acid groups (broad SMARTS) is 1. The summed E-state index contributed by atoms with van der Waals surface area (Å²) in [7, 11) is 0. The number of nitrogens with one attached hydrogen (secondary N) is 1. The first kappa shape index (κ1) is 14.0. The molecule has 1 aliphatic carbocycles. The van der Waals surface area contributed by atoms with Crippen molar-refractivity contribution in [3.8, 4) is 0 Å². The Balaban J connectivity index is 1.57. The van der Waals surface area contributed by atoms with Gasteiger partial charge in [0.05, 0.1) is 10.7 Å². The van der Waals surface area contributed by atoms with Crippen molar-refractivity contribution in [1.82, 2.24) is 9.97 Å². The van der Waals surface area contributed by atoms with Gasteiger partial charge in [-0.1, -0.05) is 6.07 Å². The second-order valence-corrected chi connectivity index (χ2v) is 6.24. The van der Waals surface area contributed by atoms with Crippen molar-refractivity contribution in [3.63, 3.8) is 0 Å². The SMILES string of the molecule is O=C(O)c1cccc(NCCc2nc3c(s2)CCCC3)n1. The molecule has 0 amide bonds. The van der Waals surface area contributed by atoms with Crippen LogP contribution < -0.4 is 5.32 Å². The van der Waals surface area contributed by atoms with Crippen LogP contribution in [0.2, 0.25) is 0 Å². The highest BCUT2D eigenvalue weighted by Gasteiger charge is 2.14. The third-order valence-electron chi connectivity index (χ3n) is 3.50. The molecule has 1 aliphatic rings. The standard InChI is InChI=1S/C15H17N3O2S/c19-15(20)11-5-3-7-13(17-11)16-9-8-14-18-10-4-1-2-6-12(10)21-14/h3,5,7H,1-2,4,6,8-9H2,(H,16,17)(H,19,20). The molecule has 0 aliphatic heterocycles. The van der Waals surface area contributed by atoms with Crippen LogP contribution in [0.5, 0.6) is 0 Å². The summed E-state index contributed by atoms with van der Waals surface area (Å²) in [5.74, 6) is -0.414. The second-order valence-electron chi connectivity index (χ2n) is 5.07. The van der Waals surface area contributed by atoms with Gasteiger partial charge in [0.1, 0.15) is 5.82 Å². The monoisotopic (exact) mass is 303 g/mol. The van der Waals surface area contributed by atoms with Gasteiger partial charge in [0, 0.05) is 17.8 Å². The first-order chi connectivity index (χ1) is 10.2. The maximum atomic E-state index is 10.9. The largest absolute Gasteiger partial charge is 0.477 e. The van der Waals surface area contributed by atoms with Crippen molar-refractivity contribution in [2.24, 2.45) is 0 Å². The van der Waals surface area contributed by atoms with E-state index in [2.05, 4.69) is 10.3 Å². The van der Waals surface area contributed by atoms with Gasteiger partial charge in [0.15, 0.2) is 5.69 Å². The number of nitrogens with zero attached hydrogens (tertiary/aromatic N) is 2. The molecule has 6 heteroatoms. The minimum Gasteiger partial charge on any atom is -0.477 e. The van der Waals surface area contributed by atoms with Crippen LogP contribution in [0.1, 0.15) is 38.9 Å². The van der Waals surface area contributed by atoms with Crippen LogP contribution in [-0.4, -0.2) is 27.6 Å². The Kier molecular flexibility index (Phi) is 4.15. The zero-order chi connectivity index (χ0) is 14.7. The van der Waals surface area contributed by atoms with E-state index in [0.717, 1.165) is 17.8 Å². The normalized spacial score (nSPS) is 13.7. The number of fused-ring (bicyclic) bond motifs is 1. The van der Waals surface area contributed by atoms with E-state index in [1.54, 1.807) is 12.1 Å². The summed E-state index contributed by atoms with van der Waals surface area (Å²) in [6.07, 6.45) is 5.65. The molecule has 3 rings (SSSR count). The Bertz CT molecular complexity index is 631. The number of aromatic nitrogens is 2. The Morgan fingerprint density at radius 1 is 1.29 bits per heavy atom. The van der Waals surface area contributed by atoms with E-state index in [0.29, 0.717) is 12.4 Å². The highest BCUT2D eigenvalue weighted by molar-refractivity contribution is 7.11. The summed E-state index contributed by atoms with van der Waals surface area (Å²) in [6, 6.07) is 4.96. The number of pyridine rings is 1. The van der Waals surface area contributed by atoms with Crippen molar-refractivity contribution < 1.29 is 9.90 Å². The maximum absolute atomic E-state index is 10.9. The highest BCUT2D eigenvalue weighted by Crippen LogP contribution is 2.26. The lowest BCUT2D eigenvalue weighted by Gasteiger charge is -2.06. The number of aryl methyl sites for hydroxylation is 2. The average molecular weight is 303 g/mol. The fourth-order valence-corrected chi connectivity index (χ4v) is 3.62. The molecule has 0 aromatic carbocycles. The molecular weight excluding hydrogens is 286 g/mol. The molecular formula is C15H17N3O2S. The summed E-state index contributed by atoms with van der Waals surface area (Å²) >= 11 is 1.81. The van der Waals surface area contributed by atoms with Gasteiger partial charge in [-0.2, -0.15) is 0 Å². The summed E-state index contributed by atoms with van der Waals surface area (Å²) in [5, 5.41) is 13.2. The van der Waals surface area contributed by atoms with Crippen molar-refractivity contribution in [1.29, 1.82) is 0 Å². The molecule has 5 nitrogen and oxygen atoms in total. The maximum Gasteiger partial charge on any atom is 0.354 e. The van der Waals surface area contributed by atoms with Crippen LogP contribution in [0.25, 0.3) is 0 Å². The summed E-state index contributed by atoms with van der Waals surface area (Å²) < 4.78 is 0. The molecule has 0 radical (unpaired) electrons. The number of thiazole rings is 1. The van der Waals surface area contributed by atoms with Crippen molar-refractivity contribution in [2.75, 3.05) is 11.9 Å². The Morgan fingerprint density at radius 3 is 2.95 bits per heavy atom. The van der Waals surface area contributed by atoms with Crippen LogP contribution in [0, 0.1) is 0 Å². The zero-order valence-electron chi connectivity index (χ0n) is 11.6. The molecule has 0 fully saturated rings. The average Bonchev–Trinajstić information content (AvgIpc) is 2.90. The first-order valence-electron chi connectivity index (χ1n) is 7.14. The minimum absolute atomic E-state index is 0.0599. The van der Waals surface area contributed by atoms with E-state index >= 15 is 0 Å². The highest BCUT2D eigenvalue weighted by atomic mass is 32.1. The van der Waals surface area contributed by atoms with Crippen molar-refractivity contribution >= 4 is 23.1 Å². The van der Waals surface area contributed by atoms with Gasteiger partial charge in [-0.15, -0.1) is 11.3 Å². The zero-order valence-corrected chi connectivity index (χ0v) is 12.4. The number of aromatic carboxylic acids is 1. The van der Waals surface area contributed by atoms with Gasteiger partial charge in [-0.05, 0) is 37.8 Å². The van der Waals surface area contributed by atoms with Crippen LogP contribution >= 0.6 is 11.3 Å². The quantitative estimate of drug-likeness (QED) is 0.888. The van der Waals surface area contributed by atoms with Crippen molar-refractivity contribution in [3.05, 3.63) is 39.5 Å². The molecule has 2 heterocycles. The van der Waals surface area contributed by atoms with Gasteiger partial charge in [-0.3, -0.25) is 0 Å². The smallest absolute Gasteiger partial charge is 0.354 e. The topological polar surface area (TPSA) is 75.1 Å². The summed E-state index contributed by atoms with van der Waals surface area (Å²) in [4.78, 5) is 21.0. The molecule has 21 heavy (non-hydrogen) atoms. The molecule has 0 saturated carbocycles. The Morgan fingerprint density at radius 2 is 2.14 bits per heavy atom. The number of rotatable bonds is 5. The lowest BCUT2D eigenvalue weighted by atomic mass is 10.0. The molecule has 0 saturated heterocycles. The third kappa shape index (κ3) is 3.39. The van der Waals surface area contributed by atoms with Gasteiger partial charge in [-0.25, -0.2) is 14.8 Å². The van der Waals surface area contributed by atoms with Gasteiger partial charge < -0.3 is 10.4 Å². The van der Waals surface area contributed by atoms with E-state index in [4.69, 9.17) is 10.1 Å². The molecule has 0 unspecified atom stereocenters. The lowest BCUT2D eigenvalue weighted by molar-refractivity contribution is 0.0690. The van der Waals surface area contributed by atoms with E-state index < -0.39 is 5.97 Å². The molecule has 2 aromatic heterocycles. The van der Waals surface area contributed by atoms with Gasteiger partial charge >= 0.3 is 5.97 Å². The Hall–Kier alpha value is -1.95.